The van der Waals surface area contributed by atoms with Gasteiger partial charge in [0.05, 0.1) is 0 Å². The Labute approximate surface area is 90.9 Å². The SMILES string of the molecule is Clc1ncnc2nc(C3CCCO3)[nH]c12. The smallest absolute Gasteiger partial charge is 0.182 e. The van der Waals surface area contributed by atoms with E-state index in [1.807, 2.05) is 0 Å². The summed E-state index contributed by atoms with van der Waals surface area (Å²) in [7, 11) is 0. The Balaban J connectivity index is 2.09. The predicted octanol–water partition coefficient (Wildman–Crippen LogP) is 1.86. The number of imidazole rings is 1. The minimum absolute atomic E-state index is 0.0512. The molecule has 0 bridgehead atoms. The molecule has 1 aliphatic rings. The van der Waals surface area contributed by atoms with Gasteiger partial charge in [0, 0.05) is 6.61 Å². The molecule has 15 heavy (non-hydrogen) atoms. The number of rotatable bonds is 1. The summed E-state index contributed by atoms with van der Waals surface area (Å²) in [5.41, 5.74) is 1.28. The lowest BCUT2D eigenvalue weighted by Crippen LogP contribution is -1.97. The average molecular weight is 225 g/mol. The van der Waals surface area contributed by atoms with Gasteiger partial charge in [-0.2, -0.15) is 0 Å². The van der Waals surface area contributed by atoms with Gasteiger partial charge in [0.1, 0.15) is 23.8 Å². The molecule has 1 N–H and O–H groups in total. The second kappa shape index (κ2) is 3.43. The van der Waals surface area contributed by atoms with Crippen LogP contribution in [0.5, 0.6) is 0 Å². The van der Waals surface area contributed by atoms with Gasteiger partial charge in [-0.05, 0) is 12.8 Å². The van der Waals surface area contributed by atoms with Crippen LogP contribution in [0.2, 0.25) is 5.15 Å². The number of ether oxygens (including phenoxy) is 1. The van der Waals surface area contributed by atoms with Crippen molar-refractivity contribution >= 4 is 22.8 Å². The minimum atomic E-state index is 0.0512. The number of hydrogen-bond acceptors (Lipinski definition) is 4. The summed E-state index contributed by atoms with van der Waals surface area (Å²) in [6.45, 7) is 0.793. The first-order valence-corrected chi connectivity index (χ1v) is 5.20. The summed E-state index contributed by atoms with van der Waals surface area (Å²) in [4.78, 5) is 15.4. The molecule has 1 saturated heterocycles. The van der Waals surface area contributed by atoms with Crippen molar-refractivity contribution in [2.24, 2.45) is 0 Å². The maximum Gasteiger partial charge on any atom is 0.182 e. The highest BCUT2D eigenvalue weighted by Gasteiger charge is 2.21. The molecule has 5 nitrogen and oxygen atoms in total. The Morgan fingerprint density at radius 1 is 1.47 bits per heavy atom. The van der Waals surface area contributed by atoms with Gasteiger partial charge in [0.15, 0.2) is 10.8 Å². The predicted molar refractivity (Wildman–Crippen MR) is 54.6 cm³/mol. The van der Waals surface area contributed by atoms with Crippen LogP contribution in [-0.4, -0.2) is 26.5 Å². The number of H-pyrrole nitrogens is 1. The zero-order valence-corrected chi connectivity index (χ0v) is 8.66. The molecule has 0 aliphatic carbocycles. The first-order valence-electron chi connectivity index (χ1n) is 4.82. The molecule has 0 amide bonds. The third-order valence-corrected chi connectivity index (χ3v) is 2.78. The molecule has 1 atom stereocenters. The van der Waals surface area contributed by atoms with Crippen molar-refractivity contribution in [3.05, 3.63) is 17.3 Å². The fourth-order valence-electron chi connectivity index (χ4n) is 1.76. The summed E-state index contributed by atoms with van der Waals surface area (Å²) >= 11 is 5.91. The first kappa shape index (κ1) is 9.06. The van der Waals surface area contributed by atoms with Gasteiger partial charge in [-0.3, -0.25) is 0 Å². The maximum absolute atomic E-state index is 5.91. The van der Waals surface area contributed by atoms with Gasteiger partial charge in [-0.15, -0.1) is 0 Å². The highest BCUT2D eigenvalue weighted by Crippen LogP contribution is 2.28. The standard InChI is InChI=1S/C9H9ClN4O/c10-7-6-9(12-4-11-7)14-8(13-6)5-2-1-3-15-5/h4-5H,1-3H2,(H,11,12,13,14). The van der Waals surface area contributed by atoms with E-state index in [1.54, 1.807) is 0 Å². The number of hydrogen-bond donors (Lipinski definition) is 1. The topological polar surface area (TPSA) is 63.7 Å². The molecule has 6 heteroatoms. The number of fused-ring (bicyclic) bond motifs is 1. The van der Waals surface area contributed by atoms with Crippen molar-refractivity contribution in [2.75, 3.05) is 6.61 Å². The van der Waals surface area contributed by atoms with E-state index in [0.29, 0.717) is 16.3 Å². The van der Waals surface area contributed by atoms with E-state index < -0.39 is 0 Å². The molecular weight excluding hydrogens is 216 g/mol. The summed E-state index contributed by atoms with van der Waals surface area (Å²) < 4.78 is 5.52. The number of nitrogens with one attached hydrogen (secondary N) is 1. The van der Waals surface area contributed by atoms with E-state index in [-0.39, 0.29) is 6.10 Å². The Morgan fingerprint density at radius 3 is 3.13 bits per heavy atom. The Morgan fingerprint density at radius 2 is 2.40 bits per heavy atom. The number of aromatic nitrogens is 4. The molecule has 0 radical (unpaired) electrons. The van der Waals surface area contributed by atoms with Crippen LogP contribution >= 0.6 is 11.6 Å². The number of nitrogens with zero attached hydrogens (tertiary/aromatic N) is 3. The molecule has 1 aliphatic heterocycles. The highest BCUT2D eigenvalue weighted by atomic mass is 35.5. The summed E-state index contributed by atoms with van der Waals surface area (Å²) in [6.07, 6.45) is 3.52. The van der Waals surface area contributed by atoms with Gasteiger partial charge in [0.25, 0.3) is 0 Å². The fourth-order valence-corrected chi connectivity index (χ4v) is 1.94. The number of halogens is 1. The fraction of sp³-hybridized carbons (Fsp3) is 0.444. The molecule has 3 rings (SSSR count). The van der Waals surface area contributed by atoms with Crippen molar-refractivity contribution in [3.8, 4) is 0 Å². The molecule has 0 aromatic carbocycles. The second-order valence-electron chi connectivity index (χ2n) is 3.49. The van der Waals surface area contributed by atoms with Crippen LogP contribution in [-0.2, 0) is 4.74 Å². The molecule has 1 unspecified atom stereocenters. The van der Waals surface area contributed by atoms with Crippen LogP contribution in [0, 0.1) is 0 Å². The van der Waals surface area contributed by atoms with Gasteiger partial charge in [0.2, 0.25) is 0 Å². The van der Waals surface area contributed by atoms with E-state index in [2.05, 4.69) is 19.9 Å². The van der Waals surface area contributed by atoms with Crippen LogP contribution in [0.25, 0.3) is 11.2 Å². The van der Waals surface area contributed by atoms with E-state index in [0.717, 1.165) is 25.3 Å². The maximum atomic E-state index is 5.91. The number of aromatic amines is 1. The monoisotopic (exact) mass is 224 g/mol. The molecule has 3 heterocycles. The van der Waals surface area contributed by atoms with Crippen molar-refractivity contribution in [1.29, 1.82) is 0 Å². The molecule has 2 aromatic heterocycles. The van der Waals surface area contributed by atoms with Crippen LogP contribution in [0.1, 0.15) is 24.8 Å². The summed E-state index contributed by atoms with van der Waals surface area (Å²) in [5, 5.41) is 0.400. The third-order valence-electron chi connectivity index (χ3n) is 2.50. The van der Waals surface area contributed by atoms with Crippen molar-refractivity contribution in [2.45, 2.75) is 18.9 Å². The normalized spacial score (nSPS) is 21.3. The summed E-state index contributed by atoms with van der Waals surface area (Å²) in [5.74, 6) is 0.796. The third kappa shape index (κ3) is 1.48. The summed E-state index contributed by atoms with van der Waals surface area (Å²) in [6, 6.07) is 0. The Bertz CT molecular complexity index is 492. The molecule has 1 fully saturated rings. The Hall–Kier alpha value is -1.20. The average Bonchev–Trinajstić information content (AvgIpc) is 2.86. The van der Waals surface area contributed by atoms with Gasteiger partial charge < -0.3 is 9.72 Å². The zero-order valence-electron chi connectivity index (χ0n) is 7.90. The van der Waals surface area contributed by atoms with Crippen molar-refractivity contribution in [3.63, 3.8) is 0 Å². The van der Waals surface area contributed by atoms with Gasteiger partial charge in [-0.25, -0.2) is 15.0 Å². The molecule has 78 valence electrons. The molecular formula is C9H9ClN4O. The minimum Gasteiger partial charge on any atom is -0.370 e. The lowest BCUT2D eigenvalue weighted by atomic mass is 10.2. The zero-order chi connectivity index (χ0) is 10.3. The largest absolute Gasteiger partial charge is 0.370 e. The van der Waals surface area contributed by atoms with Gasteiger partial charge >= 0.3 is 0 Å². The van der Waals surface area contributed by atoms with E-state index >= 15 is 0 Å². The second-order valence-corrected chi connectivity index (χ2v) is 3.84. The van der Waals surface area contributed by atoms with Crippen molar-refractivity contribution < 1.29 is 4.74 Å². The van der Waals surface area contributed by atoms with Crippen molar-refractivity contribution in [1.82, 2.24) is 19.9 Å². The molecule has 2 aromatic rings. The molecule has 0 spiro atoms. The quantitative estimate of drug-likeness (QED) is 0.751. The first-order chi connectivity index (χ1) is 7.34. The van der Waals surface area contributed by atoms with Crippen LogP contribution in [0.4, 0.5) is 0 Å². The van der Waals surface area contributed by atoms with E-state index in [9.17, 15) is 0 Å². The van der Waals surface area contributed by atoms with E-state index in [4.69, 9.17) is 16.3 Å². The molecule has 0 saturated carbocycles. The lowest BCUT2D eigenvalue weighted by Gasteiger charge is -2.03. The Kier molecular flexibility index (Phi) is 2.07. The lowest BCUT2D eigenvalue weighted by molar-refractivity contribution is 0.106. The van der Waals surface area contributed by atoms with E-state index in [1.165, 1.54) is 6.33 Å². The highest BCUT2D eigenvalue weighted by molar-refractivity contribution is 6.33. The van der Waals surface area contributed by atoms with Crippen LogP contribution < -0.4 is 0 Å². The van der Waals surface area contributed by atoms with Gasteiger partial charge in [-0.1, -0.05) is 11.6 Å². The van der Waals surface area contributed by atoms with Crippen LogP contribution in [0.3, 0.4) is 0 Å². The van der Waals surface area contributed by atoms with Crippen LogP contribution in [0.15, 0.2) is 6.33 Å².